The van der Waals surface area contributed by atoms with E-state index < -0.39 is 0 Å². The molecule has 4 amide bonds. The Morgan fingerprint density at radius 2 is 1.62 bits per heavy atom. The van der Waals surface area contributed by atoms with Gasteiger partial charge >= 0.3 is 6.03 Å². The van der Waals surface area contributed by atoms with Crippen molar-refractivity contribution in [3.63, 3.8) is 0 Å². The summed E-state index contributed by atoms with van der Waals surface area (Å²) in [6, 6.07) is 0.0480. The molecule has 21 heavy (non-hydrogen) atoms. The molecule has 1 saturated heterocycles. The molecule has 2 aliphatic rings. The zero-order chi connectivity index (χ0) is 15.1. The molecule has 6 heteroatoms. The van der Waals surface area contributed by atoms with E-state index in [1.165, 1.54) is 17.1 Å². The van der Waals surface area contributed by atoms with Crippen molar-refractivity contribution in [1.82, 2.24) is 15.1 Å². The van der Waals surface area contributed by atoms with Gasteiger partial charge in [0, 0.05) is 38.3 Å². The molecule has 1 fully saturated rings. The maximum Gasteiger partial charge on any atom is 0.317 e. The number of nitrogens with zero attached hydrogens (tertiary/aromatic N) is 2. The lowest BCUT2D eigenvalue weighted by Gasteiger charge is -2.16. The van der Waals surface area contributed by atoms with E-state index in [4.69, 9.17) is 0 Å². The highest BCUT2D eigenvalue weighted by molar-refractivity contribution is 6.12. The van der Waals surface area contributed by atoms with Crippen LogP contribution in [0.25, 0.3) is 0 Å². The molecule has 0 bridgehead atoms. The number of carbonyl (C=O) groups excluding carboxylic acids is 3. The Bertz CT molecular complexity index is 410. The van der Waals surface area contributed by atoms with E-state index in [1.54, 1.807) is 0 Å². The van der Waals surface area contributed by atoms with Crippen molar-refractivity contribution in [2.45, 2.75) is 38.5 Å². The highest BCUT2D eigenvalue weighted by Gasteiger charge is 2.22. The third kappa shape index (κ3) is 4.58. The number of nitrogens with one attached hydrogen (secondary N) is 1. The number of hydrogen-bond donors (Lipinski definition) is 1. The Kier molecular flexibility index (Phi) is 5.78. The summed E-state index contributed by atoms with van der Waals surface area (Å²) in [5, 5.41) is 2.93. The van der Waals surface area contributed by atoms with E-state index in [2.05, 4.69) is 5.32 Å². The third-order valence-electron chi connectivity index (χ3n) is 3.88. The molecule has 0 aromatic rings. The second-order valence-electron chi connectivity index (χ2n) is 5.50. The topological polar surface area (TPSA) is 69.7 Å². The fourth-order valence-electron chi connectivity index (χ4n) is 2.63. The van der Waals surface area contributed by atoms with E-state index in [0.29, 0.717) is 13.1 Å². The zero-order valence-corrected chi connectivity index (χ0v) is 12.3. The molecule has 0 saturated carbocycles. The lowest BCUT2D eigenvalue weighted by Crippen LogP contribution is -2.38. The van der Waals surface area contributed by atoms with Crippen LogP contribution in [-0.4, -0.2) is 53.8 Å². The summed E-state index contributed by atoms with van der Waals surface area (Å²) in [7, 11) is 0. The van der Waals surface area contributed by atoms with Crippen molar-refractivity contribution in [1.29, 1.82) is 0 Å². The van der Waals surface area contributed by atoms with E-state index in [-0.39, 0.29) is 17.8 Å². The number of rotatable bonds is 7. The van der Waals surface area contributed by atoms with Gasteiger partial charge in [-0.1, -0.05) is 12.8 Å². The molecular weight excluding hydrogens is 270 g/mol. The molecule has 116 valence electrons. The molecule has 1 N–H and O–H groups in total. The smallest absolute Gasteiger partial charge is 0.317 e. The SMILES string of the molecule is O=C(NCCCCCCN1C(=O)C=CC1=O)N1CCCC1. The Morgan fingerprint density at radius 3 is 2.29 bits per heavy atom. The Hall–Kier alpha value is -1.85. The number of amides is 4. The fraction of sp³-hybridized carbons (Fsp3) is 0.667. The molecule has 0 unspecified atom stereocenters. The first-order chi connectivity index (χ1) is 10.2. The Balaban J connectivity index is 1.46. The first-order valence-electron chi connectivity index (χ1n) is 7.75. The average molecular weight is 293 g/mol. The van der Waals surface area contributed by atoms with Crippen molar-refractivity contribution < 1.29 is 14.4 Å². The van der Waals surface area contributed by atoms with Crippen LogP contribution < -0.4 is 5.32 Å². The highest BCUT2D eigenvalue weighted by Crippen LogP contribution is 2.08. The second-order valence-corrected chi connectivity index (χ2v) is 5.50. The zero-order valence-electron chi connectivity index (χ0n) is 12.3. The maximum absolute atomic E-state index is 11.7. The second kappa shape index (κ2) is 7.81. The van der Waals surface area contributed by atoms with Gasteiger partial charge in [0.2, 0.25) is 0 Å². The molecule has 0 radical (unpaired) electrons. The molecule has 0 aliphatic carbocycles. The molecule has 6 nitrogen and oxygen atoms in total. The minimum Gasteiger partial charge on any atom is -0.338 e. The van der Waals surface area contributed by atoms with Gasteiger partial charge in [-0.25, -0.2) is 4.79 Å². The van der Waals surface area contributed by atoms with Crippen LogP contribution in [0.4, 0.5) is 4.79 Å². The maximum atomic E-state index is 11.7. The molecule has 0 atom stereocenters. The number of carbonyl (C=O) groups is 3. The fourth-order valence-corrected chi connectivity index (χ4v) is 2.63. The standard InChI is InChI=1S/C15H23N3O3/c19-13-7-8-14(20)18(13)12-4-2-1-3-9-16-15(21)17-10-5-6-11-17/h7-8H,1-6,9-12H2,(H,16,21). The summed E-state index contributed by atoms with van der Waals surface area (Å²) in [5.41, 5.74) is 0. The lowest BCUT2D eigenvalue weighted by atomic mass is 10.2. The lowest BCUT2D eigenvalue weighted by molar-refractivity contribution is -0.136. The van der Waals surface area contributed by atoms with Crippen molar-refractivity contribution in [2.24, 2.45) is 0 Å². The number of likely N-dealkylation sites (tertiary alicyclic amines) is 1. The van der Waals surface area contributed by atoms with Gasteiger partial charge in [0.25, 0.3) is 11.8 Å². The summed E-state index contributed by atoms with van der Waals surface area (Å²) in [4.78, 5) is 37.5. The summed E-state index contributed by atoms with van der Waals surface area (Å²) in [6.07, 6.45) is 8.54. The van der Waals surface area contributed by atoms with Crippen LogP contribution in [0.2, 0.25) is 0 Å². The number of urea groups is 1. The molecule has 2 rings (SSSR count). The van der Waals surface area contributed by atoms with Crippen LogP contribution in [0, 0.1) is 0 Å². The van der Waals surface area contributed by atoms with Gasteiger partial charge in [-0.05, 0) is 25.7 Å². The molecular formula is C15H23N3O3. The summed E-state index contributed by atoms with van der Waals surface area (Å²) in [6.45, 7) is 2.93. The molecule has 2 heterocycles. The van der Waals surface area contributed by atoms with Crippen molar-refractivity contribution in [3.05, 3.63) is 12.2 Å². The normalized spacial score (nSPS) is 17.9. The first-order valence-corrected chi connectivity index (χ1v) is 7.75. The largest absolute Gasteiger partial charge is 0.338 e. The summed E-state index contributed by atoms with van der Waals surface area (Å²) in [5.74, 6) is -0.421. The quantitative estimate of drug-likeness (QED) is 0.568. The number of unbranched alkanes of at least 4 members (excludes halogenated alkanes) is 3. The monoisotopic (exact) mass is 293 g/mol. The molecule has 2 aliphatic heterocycles. The third-order valence-corrected chi connectivity index (χ3v) is 3.88. The van der Waals surface area contributed by atoms with Gasteiger partial charge in [-0.3, -0.25) is 14.5 Å². The molecule has 0 aromatic carbocycles. The van der Waals surface area contributed by atoms with E-state index in [9.17, 15) is 14.4 Å². The number of hydrogen-bond acceptors (Lipinski definition) is 3. The summed E-state index contributed by atoms with van der Waals surface area (Å²) >= 11 is 0. The first kappa shape index (κ1) is 15.5. The van der Waals surface area contributed by atoms with Crippen LogP contribution in [0.15, 0.2) is 12.2 Å². The predicted molar refractivity (Wildman–Crippen MR) is 78.5 cm³/mol. The molecule has 0 spiro atoms. The van der Waals surface area contributed by atoms with Crippen LogP contribution in [0.5, 0.6) is 0 Å². The van der Waals surface area contributed by atoms with E-state index in [1.807, 2.05) is 4.90 Å². The van der Waals surface area contributed by atoms with Crippen molar-refractivity contribution in [3.8, 4) is 0 Å². The minimum atomic E-state index is -0.210. The predicted octanol–water partition coefficient (Wildman–Crippen LogP) is 1.28. The van der Waals surface area contributed by atoms with Gasteiger partial charge in [-0.2, -0.15) is 0 Å². The van der Waals surface area contributed by atoms with Crippen LogP contribution in [0.3, 0.4) is 0 Å². The van der Waals surface area contributed by atoms with Gasteiger partial charge in [-0.15, -0.1) is 0 Å². The van der Waals surface area contributed by atoms with E-state index in [0.717, 1.165) is 51.6 Å². The van der Waals surface area contributed by atoms with Crippen LogP contribution in [0.1, 0.15) is 38.5 Å². The Labute approximate surface area is 125 Å². The van der Waals surface area contributed by atoms with Gasteiger partial charge in [0.15, 0.2) is 0 Å². The minimum absolute atomic E-state index is 0.0480. The van der Waals surface area contributed by atoms with Crippen LogP contribution >= 0.6 is 0 Å². The van der Waals surface area contributed by atoms with Gasteiger partial charge < -0.3 is 10.2 Å². The van der Waals surface area contributed by atoms with Crippen LogP contribution in [-0.2, 0) is 9.59 Å². The summed E-state index contributed by atoms with van der Waals surface area (Å²) < 4.78 is 0. The van der Waals surface area contributed by atoms with E-state index >= 15 is 0 Å². The highest BCUT2D eigenvalue weighted by atomic mass is 16.2. The van der Waals surface area contributed by atoms with Crippen molar-refractivity contribution >= 4 is 17.8 Å². The molecule has 0 aromatic heterocycles. The Morgan fingerprint density at radius 1 is 1.00 bits per heavy atom. The van der Waals surface area contributed by atoms with Crippen molar-refractivity contribution in [2.75, 3.05) is 26.2 Å². The average Bonchev–Trinajstić information content (AvgIpc) is 3.10. The van der Waals surface area contributed by atoms with Gasteiger partial charge in [0.1, 0.15) is 0 Å². The number of imide groups is 1. The van der Waals surface area contributed by atoms with Gasteiger partial charge in [0.05, 0.1) is 0 Å².